The maximum absolute atomic E-state index is 5.40. The van der Waals surface area contributed by atoms with Gasteiger partial charge in [0.25, 0.3) is 0 Å². The van der Waals surface area contributed by atoms with E-state index in [9.17, 15) is 0 Å². The molecule has 0 N–H and O–H groups in total. The van der Waals surface area contributed by atoms with E-state index in [2.05, 4.69) is 26.0 Å². The van der Waals surface area contributed by atoms with Crippen LogP contribution in [0.2, 0.25) is 0 Å². The molecule has 3 heterocycles. The molecule has 1 saturated heterocycles. The molecule has 100 valence electrons. The lowest BCUT2D eigenvalue weighted by Gasteiger charge is -2.15. The van der Waals surface area contributed by atoms with E-state index >= 15 is 0 Å². The van der Waals surface area contributed by atoms with E-state index in [1.54, 1.807) is 0 Å². The van der Waals surface area contributed by atoms with Crippen molar-refractivity contribution in [2.24, 2.45) is 0 Å². The highest BCUT2D eigenvalue weighted by Gasteiger charge is 2.32. The van der Waals surface area contributed by atoms with Gasteiger partial charge in [-0.3, -0.25) is 9.58 Å². The Hall–Kier alpha value is -1.62. The van der Waals surface area contributed by atoms with Crippen LogP contribution in [0, 0.1) is 0 Å². The predicted molar refractivity (Wildman–Crippen MR) is 69.6 cm³/mol. The number of likely N-dealkylation sites (tertiary alicyclic amines) is 1. The van der Waals surface area contributed by atoms with Crippen LogP contribution in [0.4, 0.5) is 0 Å². The van der Waals surface area contributed by atoms with Crippen molar-refractivity contribution in [1.82, 2.24) is 19.8 Å². The highest BCUT2D eigenvalue weighted by molar-refractivity contribution is 5.21. The van der Waals surface area contributed by atoms with Crippen LogP contribution in [-0.4, -0.2) is 32.9 Å². The molecule has 0 bridgehead atoms. The van der Waals surface area contributed by atoms with Gasteiger partial charge in [0, 0.05) is 43.5 Å². The lowest BCUT2D eigenvalue weighted by atomic mass is 10.2. The summed E-state index contributed by atoms with van der Waals surface area (Å²) in [5.74, 6) is 1.77. The molecule has 5 nitrogen and oxygen atoms in total. The van der Waals surface area contributed by atoms with Gasteiger partial charge in [-0.15, -0.1) is 0 Å². The topological polar surface area (TPSA) is 47.1 Å². The third-order valence-electron chi connectivity index (χ3n) is 4.16. The molecule has 1 atom stereocenters. The van der Waals surface area contributed by atoms with Crippen molar-refractivity contribution in [2.75, 3.05) is 13.1 Å². The first kappa shape index (κ1) is 11.2. The minimum Gasteiger partial charge on any atom is -0.361 e. The van der Waals surface area contributed by atoms with Gasteiger partial charge in [-0.25, -0.2) is 0 Å². The average Bonchev–Trinajstić information content (AvgIpc) is 2.91. The van der Waals surface area contributed by atoms with Gasteiger partial charge >= 0.3 is 0 Å². The lowest BCUT2D eigenvalue weighted by molar-refractivity contribution is 0.307. The van der Waals surface area contributed by atoms with Crippen molar-refractivity contribution in [3.05, 3.63) is 36.0 Å². The molecular weight excluding hydrogens is 240 g/mol. The second kappa shape index (κ2) is 4.49. The zero-order valence-electron chi connectivity index (χ0n) is 10.9. The van der Waals surface area contributed by atoms with E-state index in [-0.39, 0.29) is 0 Å². The Kier molecular flexibility index (Phi) is 2.65. The maximum Gasteiger partial charge on any atom is 0.144 e. The zero-order valence-corrected chi connectivity index (χ0v) is 10.9. The van der Waals surface area contributed by atoms with Gasteiger partial charge in [-0.05, 0) is 25.3 Å². The molecule has 1 unspecified atom stereocenters. The Morgan fingerprint density at radius 1 is 1.32 bits per heavy atom. The Morgan fingerprint density at radius 2 is 2.26 bits per heavy atom. The van der Waals surface area contributed by atoms with Crippen molar-refractivity contribution in [1.29, 1.82) is 0 Å². The first-order valence-electron chi connectivity index (χ1n) is 7.05. The number of hydrogen-bond donors (Lipinski definition) is 0. The monoisotopic (exact) mass is 258 g/mol. The Bertz CT molecular complexity index is 544. The SMILES string of the molecule is c1cnn(C2CCN(Cc3cnoc3C3CC3)C2)c1. The van der Waals surface area contributed by atoms with Crippen LogP contribution in [0.3, 0.4) is 0 Å². The molecule has 0 radical (unpaired) electrons. The Morgan fingerprint density at radius 3 is 3.05 bits per heavy atom. The molecule has 2 fully saturated rings. The van der Waals surface area contributed by atoms with Crippen LogP contribution in [0.1, 0.15) is 42.5 Å². The highest BCUT2D eigenvalue weighted by Crippen LogP contribution is 2.42. The summed E-state index contributed by atoms with van der Waals surface area (Å²) in [6, 6.07) is 2.51. The van der Waals surface area contributed by atoms with Crippen LogP contribution >= 0.6 is 0 Å². The van der Waals surface area contributed by atoms with Crippen LogP contribution in [0.5, 0.6) is 0 Å². The summed E-state index contributed by atoms with van der Waals surface area (Å²) in [5.41, 5.74) is 1.28. The molecule has 1 saturated carbocycles. The first-order chi connectivity index (χ1) is 9.40. The van der Waals surface area contributed by atoms with Crippen LogP contribution in [0.25, 0.3) is 0 Å². The maximum atomic E-state index is 5.40. The van der Waals surface area contributed by atoms with Gasteiger partial charge in [-0.1, -0.05) is 5.16 Å². The normalized spacial score (nSPS) is 24.1. The molecule has 0 spiro atoms. The molecule has 1 aliphatic carbocycles. The highest BCUT2D eigenvalue weighted by atomic mass is 16.5. The van der Waals surface area contributed by atoms with E-state index in [1.165, 1.54) is 24.8 Å². The largest absolute Gasteiger partial charge is 0.361 e. The van der Waals surface area contributed by atoms with Gasteiger partial charge in [0.15, 0.2) is 0 Å². The summed E-state index contributed by atoms with van der Waals surface area (Å²) in [4.78, 5) is 2.48. The zero-order chi connectivity index (χ0) is 12.7. The van der Waals surface area contributed by atoms with Crippen molar-refractivity contribution in [3.8, 4) is 0 Å². The quantitative estimate of drug-likeness (QED) is 0.843. The molecule has 19 heavy (non-hydrogen) atoms. The summed E-state index contributed by atoms with van der Waals surface area (Å²) >= 11 is 0. The molecular formula is C14H18N4O. The second-order valence-corrected chi connectivity index (χ2v) is 5.65. The van der Waals surface area contributed by atoms with Crippen LogP contribution in [-0.2, 0) is 6.54 Å². The Balaban J connectivity index is 1.42. The van der Waals surface area contributed by atoms with Crippen molar-refractivity contribution in [2.45, 2.75) is 37.8 Å². The van der Waals surface area contributed by atoms with Gasteiger partial charge < -0.3 is 4.52 Å². The summed E-state index contributed by atoms with van der Waals surface area (Å²) in [6.45, 7) is 3.16. The first-order valence-corrected chi connectivity index (χ1v) is 7.05. The fourth-order valence-electron chi connectivity index (χ4n) is 2.98. The fraction of sp³-hybridized carbons (Fsp3) is 0.571. The number of hydrogen-bond acceptors (Lipinski definition) is 4. The van der Waals surface area contributed by atoms with Gasteiger partial charge in [0.05, 0.1) is 12.2 Å². The molecule has 0 aromatic carbocycles. The molecule has 1 aliphatic heterocycles. The number of nitrogens with zero attached hydrogens (tertiary/aromatic N) is 4. The minimum atomic E-state index is 0.513. The molecule has 2 aliphatic rings. The molecule has 5 heteroatoms. The van der Waals surface area contributed by atoms with Gasteiger partial charge in [0.1, 0.15) is 5.76 Å². The smallest absolute Gasteiger partial charge is 0.144 e. The van der Waals surface area contributed by atoms with Crippen LogP contribution in [0.15, 0.2) is 29.2 Å². The van der Waals surface area contributed by atoms with Crippen molar-refractivity contribution in [3.63, 3.8) is 0 Å². The molecule has 4 rings (SSSR count). The van der Waals surface area contributed by atoms with E-state index in [1.807, 2.05) is 18.5 Å². The summed E-state index contributed by atoms with van der Waals surface area (Å²) < 4.78 is 7.48. The number of rotatable bonds is 4. The molecule has 0 amide bonds. The molecule has 2 aromatic heterocycles. The average molecular weight is 258 g/mol. The molecule has 2 aromatic rings. The van der Waals surface area contributed by atoms with Crippen molar-refractivity contribution >= 4 is 0 Å². The van der Waals surface area contributed by atoms with Crippen molar-refractivity contribution < 1.29 is 4.52 Å². The van der Waals surface area contributed by atoms with Crippen LogP contribution < -0.4 is 0 Å². The summed E-state index contributed by atoms with van der Waals surface area (Å²) in [5, 5.41) is 8.32. The standard InChI is InChI=1S/C14H18N4O/c1-5-15-18(6-1)13-4-7-17(10-13)9-12-8-16-19-14(12)11-2-3-11/h1,5-6,8,11,13H,2-4,7,9-10H2. The van der Waals surface area contributed by atoms with Gasteiger partial charge in [-0.2, -0.15) is 5.10 Å². The van der Waals surface area contributed by atoms with E-state index < -0.39 is 0 Å². The van der Waals surface area contributed by atoms with E-state index in [4.69, 9.17) is 4.52 Å². The third-order valence-corrected chi connectivity index (χ3v) is 4.16. The van der Waals surface area contributed by atoms with E-state index in [0.29, 0.717) is 12.0 Å². The van der Waals surface area contributed by atoms with Gasteiger partial charge in [0.2, 0.25) is 0 Å². The lowest BCUT2D eigenvalue weighted by Crippen LogP contribution is -2.21. The predicted octanol–water partition coefficient (Wildman–Crippen LogP) is 2.20. The minimum absolute atomic E-state index is 0.513. The second-order valence-electron chi connectivity index (χ2n) is 5.65. The summed E-state index contributed by atoms with van der Waals surface area (Å²) in [6.07, 6.45) is 9.51. The van der Waals surface area contributed by atoms with E-state index in [0.717, 1.165) is 25.4 Å². The number of aromatic nitrogens is 3. The summed E-state index contributed by atoms with van der Waals surface area (Å²) in [7, 11) is 0. The fourth-order valence-corrected chi connectivity index (χ4v) is 2.98. The Labute approximate surface area is 112 Å². The third kappa shape index (κ3) is 2.18.